The van der Waals surface area contributed by atoms with Gasteiger partial charge in [-0.1, -0.05) is 11.6 Å². The number of fused-ring (bicyclic) bond motifs is 1. The van der Waals surface area contributed by atoms with Crippen molar-refractivity contribution in [1.29, 1.82) is 0 Å². The summed E-state index contributed by atoms with van der Waals surface area (Å²) in [7, 11) is 0. The Bertz CT molecular complexity index is 785. The number of likely N-dealkylation sites (tertiary alicyclic amines) is 1. The number of amides is 1. The molecule has 2 aliphatic rings. The number of aromatic nitrogens is 1. The van der Waals surface area contributed by atoms with E-state index in [1.165, 1.54) is 0 Å². The Morgan fingerprint density at radius 2 is 2.04 bits per heavy atom. The van der Waals surface area contributed by atoms with E-state index in [1.54, 1.807) is 12.1 Å². The van der Waals surface area contributed by atoms with Gasteiger partial charge in [0.1, 0.15) is 5.52 Å². The van der Waals surface area contributed by atoms with Crippen molar-refractivity contribution < 1.29 is 14.3 Å². The third-order valence-corrected chi connectivity index (χ3v) is 5.81. The summed E-state index contributed by atoms with van der Waals surface area (Å²) in [4.78, 5) is 21.4. The van der Waals surface area contributed by atoms with Gasteiger partial charge >= 0.3 is 0 Å². The predicted molar refractivity (Wildman–Crippen MR) is 100 cm³/mol. The number of benzene rings is 1. The molecule has 7 heteroatoms. The van der Waals surface area contributed by atoms with Crippen LogP contribution in [0.1, 0.15) is 32.1 Å². The second-order valence-corrected chi connectivity index (χ2v) is 7.67. The summed E-state index contributed by atoms with van der Waals surface area (Å²) >= 11 is 6.00. The lowest BCUT2D eigenvalue weighted by atomic mass is 9.93. The first-order valence-electron chi connectivity index (χ1n) is 9.38. The van der Waals surface area contributed by atoms with Crippen LogP contribution in [0, 0.1) is 5.92 Å². The van der Waals surface area contributed by atoms with Crippen LogP contribution in [0.3, 0.4) is 0 Å². The highest BCUT2D eigenvalue weighted by atomic mass is 35.5. The molecule has 6 nitrogen and oxygen atoms in total. The highest BCUT2D eigenvalue weighted by Gasteiger charge is 2.34. The van der Waals surface area contributed by atoms with Crippen LogP contribution in [0.25, 0.3) is 11.1 Å². The van der Waals surface area contributed by atoms with E-state index in [0.717, 1.165) is 57.3 Å². The van der Waals surface area contributed by atoms with E-state index >= 15 is 0 Å². The molecule has 1 aromatic heterocycles. The zero-order chi connectivity index (χ0) is 18.1. The van der Waals surface area contributed by atoms with Crippen molar-refractivity contribution in [3.05, 3.63) is 23.2 Å². The first-order chi connectivity index (χ1) is 12.7. The van der Waals surface area contributed by atoms with Gasteiger partial charge in [0.25, 0.3) is 6.01 Å². The number of anilines is 1. The van der Waals surface area contributed by atoms with Crippen molar-refractivity contribution in [2.45, 2.75) is 38.1 Å². The second kappa shape index (κ2) is 7.45. The largest absolute Gasteiger partial charge is 0.423 e. The SMILES string of the molecule is O=C(C1CCN(c2nc3ccc(Cl)cc3o2)CC1)N1CCCCC1CO. The normalized spacial score (nSPS) is 22.2. The molecule has 2 aromatic rings. The quantitative estimate of drug-likeness (QED) is 0.890. The molecule has 1 unspecified atom stereocenters. The van der Waals surface area contributed by atoms with Crippen LogP contribution >= 0.6 is 11.6 Å². The molecule has 2 aliphatic heterocycles. The van der Waals surface area contributed by atoms with E-state index in [0.29, 0.717) is 16.6 Å². The monoisotopic (exact) mass is 377 g/mol. The van der Waals surface area contributed by atoms with Crippen LogP contribution < -0.4 is 4.90 Å². The number of aliphatic hydroxyl groups is 1. The number of carbonyl (C=O) groups excluding carboxylic acids is 1. The summed E-state index contributed by atoms with van der Waals surface area (Å²) in [6, 6.07) is 6.02. The van der Waals surface area contributed by atoms with Crippen molar-refractivity contribution in [3.8, 4) is 0 Å². The lowest BCUT2D eigenvalue weighted by molar-refractivity contribution is -0.141. The number of carbonyl (C=O) groups is 1. The number of hydrogen-bond acceptors (Lipinski definition) is 5. The van der Waals surface area contributed by atoms with Gasteiger partial charge in [0.05, 0.1) is 12.6 Å². The van der Waals surface area contributed by atoms with Gasteiger partial charge in [-0.2, -0.15) is 4.98 Å². The Kier molecular flexibility index (Phi) is 5.05. The van der Waals surface area contributed by atoms with Crippen LogP contribution in [0.15, 0.2) is 22.6 Å². The Morgan fingerprint density at radius 3 is 2.81 bits per heavy atom. The average molecular weight is 378 g/mol. The summed E-state index contributed by atoms with van der Waals surface area (Å²) in [5.74, 6) is 0.227. The Morgan fingerprint density at radius 1 is 1.23 bits per heavy atom. The molecule has 1 N–H and O–H groups in total. The van der Waals surface area contributed by atoms with Crippen LogP contribution in [-0.4, -0.2) is 53.2 Å². The minimum absolute atomic E-state index is 0.00364. The van der Waals surface area contributed by atoms with Gasteiger partial charge in [-0.25, -0.2) is 0 Å². The van der Waals surface area contributed by atoms with E-state index in [9.17, 15) is 9.90 Å². The fraction of sp³-hybridized carbons (Fsp3) is 0.579. The molecule has 1 atom stereocenters. The molecule has 2 fully saturated rings. The number of aliphatic hydroxyl groups excluding tert-OH is 1. The van der Waals surface area contributed by atoms with Gasteiger partial charge in [-0.3, -0.25) is 4.79 Å². The molecule has 1 amide bonds. The number of oxazole rings is 1. The summed E-state index contributed by atoms with van der Waals surface area (Å²) < 4.78 is 5.84. The molecule has 4 rings (SSSR count). The smallest absolute Gasteiger partial charge is 0.298 e. The van der Waals surface area contributed by atoms with Gasteiger partial charge in [0.15, 0.2) is 5.58 Å². The van der Waals surface area contributed by atoms with E-state index < -0.39 is 0 Å². The second-order valence-electron chi connectivity index (χ2n) is 7.23. The van der Waals surface area contributed by atoms with Gasteiger partial charge < -0.3 is 19.3 Å². The zero-order valence-electron chi connectivity index (χ0n) is 14.7. The third kappa shape index (κ3) is 3.40. The minimum Gasteiger partial charge on any atom is -0.423 e. The molecule has 0 aliphatic carbocycles. The summed E-state index contributed by atoms with van der Waals surface area (Å²) in [5, 5.41) is 10.2. The van der Waals surface area contributed by atoms with Gasteiger partial charge in [-0.05, 0) is 44.2 Å². The van der Waals surface area contributed by atoms with Gasteiger partial charge in [0.2, 0.25) is 5.91 Å². The van der Waals surface area contributed by atoms with Crippen LogP contribution in [-0.2, 0) is 4.79 Å². The van der Waals surface area contributed by atoms with Gasteiger partial charge in [-0.15, -0.1) is 0 Å². The standard InChI is InChI=1S/C19H24ClN3O3/c20-14-4-5-16-17(11-14)26-19(21-16)22-9-6-13(7-10-22)18(25)23-8-2-1-3-15(23)12-24/h4-5,11,13,15,24H,1-3,6-10,12H2. The maximum Gasteiger partial charge on any atom is 0.298 e. The minimum atomic E-state index is -0.00364. The van der Waals surface area contributed by atoms with Gasteiger partial charge in [0, 0.05) is 36.6 Å². The van der Waals surface area contributed by atoms with Crippen molar-refractivity contribution in [1.82, 2.24) is 9.88 Å². The maximum absolute atomic E-state index is 12.9. The van der Waals surface area contributed by atoms with Crippen LogP contribution in [0.4, 0.5) is 6.01 Å². The van der Waals surface area contributed by atoms with Crippen molar-refractivity contribution >= 4 is 34.6 Å². The predicted octanol–water partition coefficient (Wildman–Crippen LogP) is 3.07. The Balaban J connectivity index is 1.40. The molecule has 0 radical (unpaired) electrons. The molecule has 1 aromatic carbocycles. The first-order valence-corrected chi connectivity index (χ1v) is 9.76. The fourth-order valence-electron chi connectivity index (χ4n) is 4.05. The molecule has 140 valence electrons. The number of nitrogens with zero attached hydrogens (tertiary/aromatic N) is 3. The summed E-state index contributed by atoms with van der Waals surface area (Å²) in [6.07, 6.45) is 4.61. The third-order valence-electron chi connectivity index (χ3n) is 5.57. The van der Waals surface area contributed by atoms with E-state index in [-0.39, 0.29) is 24.5 Å². The highest BCUT2D eigenvalue weighted by molar-refractivity contribution is 6.31. The molecule has 0 spiro atoms. The summed E-state index contributed by atoms with van der Waals surface area (Å²) in [5.41, 5.74) is 1.48. The van der Waals surface area contributed by atoms with Crippen LogP contribution in [0.5, 0.6) is 0 Å². The van der Waals surface area contributed by atoms with E-state index in [1.807, 2.05) is 11.0 Å². The Labute approximate surface area is 157 Å². The topological polar surface area (TPSA) is 69.8 Å². The molecule has 26 heavy (non-hydrogen) atoms. The molecule has 2 saturated heterocycles. The van der Waals surface area contributed by atoms with Crippen molar-refractivity contribution in [2.75, 3.05) is 31.1 Å². The number of piperidine rings is 2. The molecular formula is C19H24ClN3O3. The molecule has 3 heterocycles. The van der Waals surface area contributed by atoms with Crippen LogP contribution in [0.2, 0.25) is 5.02 Å². The first kappa shape index (κ1) is 17.6. The van der Waals surface area contributed by atoms with Crippen molar-refractivity contribution in [2.24, 2.45) is 5.92 Å². The number of halogens is 1. The maximum atomic E-state index is 12.9. The number of rotatable bonds is 3. The molecule has 0 bridgehead atoms. The number of hydrogen-bond donors (Lipinski definition) is 1. The van der Waals surface area contributed by atoms with Crippen molar-refractivity contribution in [3.63, 3.8) is 0 Å². The lowest BCUT2D eigenvalue weighted by Crippen LogP contribution is -2.50. The average Bonchev–Trinajstić information content (AvgIpc) is 3.10. The highest BCUT2D eigenvalue weighted by Crippen LogP contribution is 2.29. The summed E-state index contributed by atoms with van der Waals surface area (Å²) in [6.45, 7) is 2.33. The zero-order valence-corrected chi connectivity index (χ0v) is 15.5. The van der Waals surface area contributed by atoms with E-state index in [2.05, 4.69) is 9.88 Å². The molecule has 0 saturated carbocycles. The fourth-order valence-corrected chi connectivity index (χ4v) is 4.22. The lowest BCUT2D eigenvalue weighted by Gasteiger charge is -2.39. The molecular weight excluding hydrogens is 354 g/mol. The van der Waals surface area contributed by atoms with E-state index in [4.69, 9.17) is 16.0 Å². The Hall–Kier alpha value is -1.79.